The van der Waals surface area contributed by atoms with Crippen LogP contribution < -0.4 is 5.73 Å². The number of hydrogen-bond acceptors (Lipinski definition) is 3. The quantitative estimate of drug-likeness (QED) is 0.512. The van der Waals surface area contributed by atoms with Crippen molar-refractivity contribution < 1.29 is 14.6 Å². The second-order valence-corrected chi connectivity index (χ2v) is 2.61. The minimum atomic E-state index is -0.259. The van der Waals surface area contributed by atoms with E-state index in [0.29, 0.717) is 26.1 Å². The molecule has 3 N–H and O–H groups in total. The van der Waals surface area contributed by atoms with Gasteiger partial charge in [0.1, 0.15) is 0 Å². The lowest BCUT2D eigenvalue weighted by atomic mass is 10.2. The maximum absolute atomic E-state index is 10.3. The summed E-state index contributed by atoms with van der Waals surface area (Å²) in [4.78, 5) is 10.3. The second kappa shape index (κ2) is 8.49. The van der Waals surface area contributed by atoms with Gasteiger partial charge in [0.25, 0.3) is 0 Å². The summed E-state index contributed by atoms with van der Waals surface area (Å²) < 4.78 is 5.14. The first-order valence-corrected chi connectivity index (χ1v) is 4.24. The van der Waals surface area contributed by atoms with Crippen molar-refractivity contribution in [1.82, 2.24) is 0 Å². The van der Waals surface area contributed by atoms with Crippen molar-refractivity contribution in [1.29, 1.82) is 0 Å². The maximum Gasteiger partial charge on any atom is 0.217 e. The smallest absolute Gasteiger partial charge is 0.217 e. The Labute approximate surface area is 72.7 Å². The third-order valence-corrected chi connectivity index (χ3v) is 1.41. The lowest BCUT2D eigenvalue weighted by Gasteiger charge is -2.01. The van der Waals surface area contributed by atoms with Gasteiger partial charge in [0.15, 0.2) is 0 Å². The molecule has 0 spiro atoms. The third-order valence-electron chi connectivity index (χ3n) is 1.41. The SMILES string of the molecule is NC(=O)CCCCOCCCO. The fraction of sp³-hybridized carbons (Fsp3) is 0.875. The van der Waals surface area contributed by atoms with E-state index in [9.17, 15) is 4.79 Å². The molecule has 0 aliphatic carbocycles. The predicted molar refractivity (Wildman–Crippen MR) is 45.6 cm³/mol. The summed E-state index contributed by atoms with van der Waals surface area (Å²) >= 11 is 0. The monoisotopic (exact) mass is 175 g/mol. The molecule has 0 aromatic rings. The number of ether oxygens (including phenoxy) is 1. The van der Waals surface area contributed by atoms with E-state index in [0.717, 1.165) is 12.8 Å². The summed E-state index contributed by atoms with van der Waals surface area (Å²) in [5, 5.41) is 8.40. The van der Waals surface area contributed by atoms with E-state index in [1.54, 1.807) is 0 Å². The summed E-state index contributed by atoms with van der Waals surface area (Å²) in [6.07, 6.45) is 2.75. The number of rotatable bonds is 8. The average Bonchev–Trinajstić information content (AvgIpc) is 2.02. The van der Waals surface area contributed by atoms with Gasteiger partial charge in [-0.15, -0.1) is 0 Å². The Balaban J connectivity index is 2.86. The van der Waals surface area contributed by atoms with Crippen LogP contribution in [0.3, 0.4) is 0 Å². The molecule has 0 saturated carbocycles. The minimum Gasteiger partial charge on any atom is -0.396 e. The van der Waals surface area contributed by atoms with Gasteiger partial charge in [0.05, 0.1) is 0 Å². The van der Waals surface area contributed by atoms with E-state index in [4.69, 9.17) is 15.6 Å². The molecule has 4 nitrogen and oxygen atoms in total. The molecule has 1 amide bonds. The van der Waals surface area contributed by atoms with Crippen molar-refractivity contribution in [2.75, 3.05) is 19.8 Å². The van der Waals surface area contributed by atoms with Gasteiger partial charge in [-0.2, -0.15) is 0 Å². The number of nitrogens with two attached hydrogens (primary N) is 1. The van der Waals surface area contributed by atoms with Crippen molar-refractivity contribution in [3.8, 4) is 0 Å². The number of primary amides is 1. The number of unbranched alkanes of at least 4 members (excludes halogenated alkanes) is 1. The van der Waals surface area contributed by atoms with Crippen LogP contribution >= 0.6 is 0 Å². The van der Waals surface area contributed by atoms with Gasteiger partial charge in [0, 0.05) is 26.2 Å². The molecule has 72 valence electrons. The largest absolute Gasteiger partial charge is 0.396 e. The molecule has 12 heavy (non-hydrogen) atoms. The van der Waals surface area contributed by atoms with Crippen LogP contribution in [0.2, 0.25) is 0 Å². The lowest BCUT2D eigenvalue weighted by Crippen LogP contribution is -2.10. The molecular weight excluding hydrogens is 158 g/mol. The molecule has 0 radical (unpaired) electrons. The van der Waals surface area contributed by atoms with Crippen molar-refractivity contribution in [3.63, 3.8) is 0 Å². The Kier molecular flexibility index (Phi) is 8.05. The normalized spacial score (nSPS) is 10.1. The zero-order chi connectivity index (χ0) is 9.23. The van der Waals surface area contributed by atoms with Crippen molar-refractivity contribution in [2.45, 2.75) is 25.7 Å². The number of carbonyl (C=O) groups excluding carboxylic acids is 1. The third kappa shape index (κ3) is 9.39. The second-order valence-electron chi connectivity index (χ2n) is 2.61. The van der Waals surface area contributed by atoms with Gasteiger partial charge in [-0.25, -0.2) is 0 Å². The first kappa shape index (κ1) is 11.4. The summed E-state index contributed by atoms with van der Waals surface area (Å²) in [7, 11) is 0. The number of carbonyl (C=O) groups is 1. The zero-order valence-electron chi connectivity index (χ0n) is 7.29. The molecule has 0 aromatic carbocycles. The molecule has 0 rings (SSSR count). The summed E-state index contributed by atoms with van der Waals surface area (Å²) in [5.74, 6) is -0.259. The van der Waals surface area contributed by atoms with Crippen LogP contribution in [0.25, 0.3) is 0 Å². The van der Waals surface area contributed by atoms with Gasteiger partial charge < -0.3 is 15.6 Å². The van der Waals surface area contributed by atoms with Crippen molar-refractivity contribution >= 4 is 5.91 Å². The number of hydrogen-bond donors (Lipinski definition) is 2. The van der Waals surface area contributed by atoms with Crippen LogP contribution in [0.15, 0.2) is 0 Å². The van der Waals surface area contributed by atoms with Crippen molar-refractivity contribution in [3.05, 3.63) is 0 Å². The predicted octanol–water partition coefficient (Wildman–Crippen LogP) is 0.0410. The Hall–Kier alpha value is -0.610. The molecule has 0 bridgehead atoms. The highest BCUT2D eigenvalue weighted by molar-refractivity contribution is 5.73. The molecule has 0 unspecified atom stereocenters. The first-order chi connectivity index (χ1) is 5.77. The van der Waals surface area contributed by atoms with Crippen molar-refractivity contribution in [2.24, 2.45) is 5.73 Å². The Morgan fingerprint density at radius 3 is 2.50 bits per heavy atom. The number of aliphatic hydroxyl groups is 1. The molecule has 0 aliphatic rings. The van der Waals surface area contributed by atoms with Crippen LogP contribution in [-0.2, 0) is 9.53 Å². The van der Waals surface area contributed by atoms with Gasteiger partial charge in [-0.05, 0) is 19.3 Å². The van der Waals surface area contributed by atoms with Crippen LogP contribution in [0.5, 0.6) is 0 Å². The molecule has 0 saturated heterocycles. The van der Waals surface area contributed by atoms with Crippen LogP contribution in [-0.4, -0.2) is 30.8 Å². The summed E-state index contributed by atoms with van der Waals surface area (Å²) in [6, 6.07) is 0. The molecule has 0 aromatic heterocycles. The van der Waals surface area contributed by atoms with Gasteiger partial charge in [-0.1, -0.05) is 0 Å². The molecule has 0 aliphatic heterocycles. The summed E-state index contributed by atoms with van der Waals surface area (Å²) in [6.45, 7) is 1.40. The first-order valence-electron chi connectivity index (χ1n) is 4.24. The lowest BCUT2D eigenvalue weighted by molar-refractivity contribution is -0.118. The van der Waals surface area contributed by atoms with E-state index < -0.39 is 0 Å². The highest BCUT2D eigenvalue weighted by Gasteiger charge is 1.93. The molecular formula is C8H17NO3. The Morgan fingerprint density at radius 2 is 1.92 bits per heavy atom. The van der Waals surface area contributed by atoms with Crippen LogP contribution in [0.1, 0.15) is 25.7 Å². The van der Waals surface area contributed by atoms with Crippen LogP contribution in [0, 0.1) is 0 Å². The topological polar surface area (TPSA) is 72.6 Å². The molecule has 0 heterocycles. The number of amides is 1. The van der Waals surface area contributed by atoms with E-state index in [1.165, 1.54) is 0 Å². The highest BCUT2D eigenvalue weighted by Crippen LogP contribution is 1.95. The molecule has 0 fully saturated rings. The Bertz CT molecular complexity index is 117. The van der Waals surface area contributed by atoms with E-state index in [2.05, 4.69) is 0 Å². The van der Waals surface area contributed by atoms with E-state index in [1.807, 2.05) is 0 Å². The average molecular weight is 175 g/mol. The van der Waals surface area contributed by atoms with Gasteiger partial charge >= 0.3 is 0 Å². The minimum absolute atomic E-state index is 0.168. The fourth-order valence-electron chi connectivity index (χ4n) is 0.772. The molecule has 0 atom stereocenters. The Morgan fingerprint density at radius 1 is 1.25 bits per heavy atom. The molecule has 4 heteroatoms. The zero-order valence-corrected chi connectivity index (χ0v) is 7.29. The van der Waals surface area contributed by atoms with Crippen LogP contribution in [0.4, 0.5) is 0 Å². The standard InChI is InChI=1S/C8H17NO3/c9-8(11)4-1-2-6-12-7-3-5-10/h10H,1-7H2,(H2,9,11). The van der Waals surface area contributed by atoms with E-state index in [-0.39, 0.29) is 12.5 Å². The van der Waals surface area contributed by atoms with Gasteiger partial charge in [-0.3, -0.25) is 4.79 Å². The fourth-order valence-corrected chi connectivity index (χ4v) is 0.772. The maximum atomic E-state index is 10.3. The van der Waals surface area contributed by atoms with Gasteiger partial charge in [0.2, 0.25) is 5.91 Å². The highest BCUT2D eigenvalue weighted by atomic mass is 16.5. The number of aliphatic hydroxyl groups excluding tert-OH is 1. The van der Waals surface area contributed by atoms with E-state index >= 15 is 0 Å². The summed E-state index contributed by atoms with van der Waals surface area (Å²) in [5.41, 5.74) is 4.94.